The molecule has 0 aromatic carbocycles. The maximum absolute atomic E-state index is 4.34. The van der Waals surface area contributed by atoms with Gasteiger partial charge in [0, 0.05) is 26.2 Å². The highest BCUT2D eigenvalue weighted by molar-refractivity contribution is 5.79. The van der Waals surface area contributed by atoms with Gasteiger partial charge < -0.3 is 15.5 Å². The normalized spacial score (nSPS) is 27.4. The van der Waals surface area contributed by atoms with E-state index in [2.05, 4.69) is 27.6 Å². The van der Waals surface area contributed by atoms with Crippen molar-refractivity contribution < 1.29 is 0 Å². The van der Waals surface area contributed by atoms with Gasteiger partial charge in [0.15, 0.2) is 5.96 Å². The minimum Gasteiger partial charge on any atom is -0.356 e. The van der Waals surface area contributed by atoms with E-state index in [0.717, 1.165) is 18.4 Å². The number of aliphatic imine (C=N–C) groups is 1. The molecule has 2 fully saturated rings. The molecule has 1 atom stereocenters. The van der Waals surface area contributed by atoms with Crippen LogP contribution in [0.4, 0.5) is 0 Å². The predicted octanol–water partition coefficient (Wildman–Crippen LogP) is 1.44. The first-order valence-corrected chi connectivity index (χ1v) is 7.43. The lowest BCUT2D eigenvalue weighted by Crippen LogP contribution is -2.46. The first-order valence-electron chi connectivity index (χ1n) is 7.43. The summed E-state index contributed by atoms with van der Waals surface area (Å²) in [5.41, 5.74) is 0. The Hall–Kier alpha value is -0.770. The Morgan fingerprint density at radius 2 is 2.00 bits per heavy atom. The second-order valence-corrected chi connectivity index (χ2v) is 5.85. The molecule has 1 saturated heterocycles. The van der Waals surface area contributed by atoms with Crippen molar-refractivity contribution in [1.29, 1.82) is 0 Å². The van der Waals surface area contributed by atoms with E-state index >= 15 is 0 Å². The lowest BCUT2D eigenvalue weighted by molar-refractivity contribution is 0.210. The summed E-state index contributed by atoms with van der Waals surface area (Å²) in [6.45, 7) is 3.52. The summed E-state index contributed by atoms with van der Waals surface area (Å²) in [6.07, 6.45) is 8.00. The second kappa shape index (κ2) is 6.98. The van der Waals surface area contributed by atoms with Gasteiger partial charge in [-0.25, -0.2) is 0 Å². The van der Waals surface area contributed by atoms with Gasteiger partial charge in [-0.3, -0.25) is 4.99 Å². The molecule has 0 aromatic heterocycles. The number of hydrogen-bond donors (Lipinski definition) is 2. The van der Waals surface area contributed by atoms with Crippen LogP contribution in [0, 0.1) is 5.92 Å². The molecule has 0 aromatic rings. The Balaban J connectivity index is 1.69. The highest BCUT2D eigenvalue weighted by Crippen LogP contribution is 2.17. The Morgan fingerprint density at radius 1 is 1.22 bits per heavy atom. The molecule has 2 N–H and O–H groups in total. The van der Waals surface area contributed by atoms with Gasteiger partial charge >= 0.3 is 0 Å². The standard InChI is InChI=1S/C14H28N4/c1-15-14(17-13-7-3-4-8-13)16-10-12-6-5-9-18(2)11-12/h12-13H,3-11H2,1-2H3,(H2,15,16,17). The van der Waals surface area contributed by atoms with Gasteiger partial charge in [0.05, 0.1) is 0 Å². The number of nitrogens with zero attached hydrogens (tertiary/aromatic N) is 2. The van der Waals surface area contributed by atoms with Crippen LogP contribution >= 0.6 is 0 Å². The van der Waals surface area contributed by atoms with Gasteiger partial charge in [0.1, 0.15) is 0 Å². The van der Waals surface area contributed by atoms with Gasteiger partial charge in [0.25, 0.3) is 0 Å². The van der Waals surface area contributed by atoms with Crippen molar-refractivity contribution in [3.63, 3.8) is 0 Å². The molecule has 0 amide bonds. The Morgan fingerprint density at radius 3 is 2.67 bits per heavy atom. The van der Waals surface area contributed by atoms with Gasteiger partial charge in [-0.1, -0.05) is 12.8 Å². The molecule has 1 aliphatic carbocycles. The Kier molecular flexibility index (Phi) is 5.29. The number of likely N-dealkylation sites (tertiary alicyclic amines) is 1. The maximum Gasteiger partial charge on any atom is 0.191 e. The average molecular weight is 252 g/mol. The van der Waals surface area contributed by atoms with Crippen LogP contribution in [0.15, 0.2) is 4.99 Å². The van der Waals surface area contributed by atoms with Crippen LogP contribution in [0.5, 0.6) is 0 Å². The third kappa shape index (κ3) is 4.16. The van der Waals surface area contributed by atoms with E-state index in [9.17, 15) is 0 Å². The summed E-state index contributed by atoms with van der Waals surface area (Å²) < 4.78 is 0. The van der Waals surface area contributed by atoms with Gasteiger partial charge in [-0.05, 0) is 45.2 Å². The lowest BCUT2D eigenvalue weighted by Gasteiger charge is -2.30. The number of guanidine groups is 1. The molecular formula is C14H28N4. The van der Waals surface area contributed by atoms with E-state index in [1.807, 2.05) is 7.05 Å². The summed E-state index contributed by atoms with van der Waals surface area (Å²) in [5, 5.41) is 7.04. The lowest BCUT2D eigenvalue weighted by atomic mass is 9.99. The molecule has 1 aliphatic heterocycles. The molecule has 1 heterocycles. The van der Waals surface area contributed by atoms with Crippen LogP contribution in [0.2, 0.25) is 0 Å². The summed E-state index contributed by atoms with van der Waals surface area (Å²) >= 11 is 0. The highest BCUT2D eigenvalue weighted by Gasteiger charge is 2.19. The molecular weight excluding hydrogens is 224 g/mol. The van der Waals surface area contributed by atoms with Crippen LogP contribution < -0.4 is 10.6 Å². The summed E-state index contributed by atoms with van der Waals surface area (Å²) in [7, 11) is 4.09. The van der Waals surface area contributed by atoms with Crippen molar-refractivity contribution in [3.8, 4) is 0 Å². The average Bonchev–Trinajstić information content (AvgIpc) is 2.87. The molecule has 18 heavy (non-hydrogen) atoms. The first-order chi connectivity index (χ1) is 8.78. The monoisotopic (exact) mass is 252 g/mol. The second-order valence-electron chi connectivity index (χ2n) is 5.85. The quantitative estimate of drug-likeness (QED) is 0.590. The fraction of sp³-hybridized carbons (Fsp3) is 0.929. The van der Waals surface area contributed by atoms with Crippen molar-refractivity contribution in [2.24, 2.45) is 10.9 Å². The molecule has 1 saturated carbocycles. The molecule has 0 bridgehead atoms. The van der Waals surface area contributed by atoms with Gasteiger partial charge in [0.2, 0.25) is 0 Å². The predicted molar refractivity (Wildman–Crippen MR) is 77.0 cm³/mol. The zero-order chi connectivity index (χ0) is 12.8. The SMILES string of the molecule is CN=C(NCC1CCCN(C)C1)NC1CCCC1. The van der Waals surface area contributed by atoms with Crippen molar-refractivity contribution >= 4 is 5.96 Å². The Labute approximate surface area is 111 Å². The largest absolute Gasteiger partial charge is 0.356 e. The summed E-state index contributed by atoms with van der Waals surface area (Å²) in [5.74, 6) is 1.76. The molecule has 104 valence electrons. The zero-order valence-electron chi connectivity index (χ0n) is 11.9. The summed E-state index contributed by atoms with van der Waals surface area (Å²) in [4.78, 5) is 6.77. The van der Waals surface area contributed by atoms with E-state index in [1.165, 1.54) is 51.6 Å². The third-order valence-electron chi connectivity index (χ3n) is 4.20. The van der Waals surface area contributed by atoms with Crippen LogP contribution in [0.1, 0.15) is 38.5 Å². The Bertz CT molecular complexity index is 271. The summed E-state index contributed by atoms with van der Waals surface area (Å²) in [6, 6.07) is 0.644. The molecule has 2 aliphatic rings. The first kappa shape index (κ1) is 13.7. The van der Waals surface area contributed by atoms with E-state index in [1.54, 1.807) is 0 Å². The molecule has 1 unspecified atom stereocenters. The smallest absolute Gasteiger partial charge is 0.191 e. The van der Waals surface area contributed by atoms with E-state index in [4.69, 9.17) is 0 Å². The molecule has 4 nitrogen and oxygen atoms in total. The topological polar surface area (TPSA) is 39.7 Å². The van der Waals surface area contributed by atoms with Crippen molar-refractivity contribution in [1.82, 2.24) is 15.5 Å². The third-order valence-corrected chi connectivity index (χ3v) is 4.20. The van der Waals surface area contributed by atoms with Crippen LogP contribution in [-0.4, -0.2) is 50.6 Å². The van der Waals surface area contributed by atoms with Crippen molar-refractivity contribution in [3.05, 3.63) is 0 Å². The highest BCUT2D eigenvalue weighted by atomic mass is 15.2. The number of hydrogen-bond acceptors (Lipinski definition) is 2. The molecule has 0 spiro atoms. The van der Waals surface area contributed by atoms with Crippen LogP contribution in [0.25, 0.3) is 0 Å². The number of piperidine rings is 1. The van der Waals surface area contributed by atoms with Crippen LogP contribution in [0.3, 0.4) is 0 Å². The fourth-order valence-electron chi connectivity index (χ4n) is 3.14. The van der Waals surface area contributed by atoms with Crippen molar-refractivity contribution in [2.75, 3.05) is 33.7 Å². The molecule has 4 heteroatoms. The van der Waals surface area contributed by atoms with Gasteiger partial charge in [-0.15, -0.1) is 0 Å². The fourth-order valence-corrected chi connectivity index (χ4v) is 3.14. The van der Waals surface area contributed by atoms with Gasteiger partial charge in [-0.2, -0.15) is 0 Å². The number of rotatable bonds is 3. The van der Waals surface area contributed by atoms with E-state index < -0.39 is 0 Å². The minimum absolute atomic E-state index is 0.644. The maximum atomic E-state index is 4.34. The van der Waals surface area contributed by atoms with Crippen molar-refractivity contribution in [2.45, 2.75) is 44.6 Å². The van der Waals surface area contributed by atoms with E-state index in [-0.39, 0.29) is 0 Å². The zero-order valence-corrected chi connectivity index (χ0v) is 11.9. The van der Waals surface area contributed by atoms with Crippen LogP contribution in [-0.2, 0) is 0 Å². The number of nitrogens with one attached hydrogen (secondary N) is 2. The molecule has 0 radical (unpaired) electrons. The minimum atomic E-state index is 0.644. The van der Waals surface area contributed by atoms with E-state index in [0.29, 0.717) is 6.04 Å². The molecule has 2 rings (SSSR count).